The van der Waals surface area contributed by atoms with Crippen molar-refractivity contribution in [2.45, 2.75) is 6.92 Å². The zero-order chi connectivity index (χ0) is 15.1. The molecule has 2 atom stereocenters. The highest BCUT2D eigenvalue weighted by atomic mass is 32.1. The van der Waals surface area contributed by atoms with E-state index in [9.17, 15) is 9.59 Å². The number of carbonyl (C=O) groups is 2. The van der Waals surface area contributed by atoms with Gasteiger partial charge in [0.2, 0.25) is 11.8 Å². The summed E-state index contributed by atoms with van der Waals surface area (Å²) in [5.41, 5.74) is 12.8. The molecule has 7 heteroatoms. The van der Waals surface area contributed by atoms with Crippen LogP contribution >= 0.6 is 11.3 Å². The predicted octanol–water partition coefficient (Wildman–Crippen LogP) is 0.628. The molecule has 110 valence electrons. The van der Waals surface area contributed by atoms with Gasteiger partial charge in [0.05, 0.1) is 22.1 Å². The first-order chi connectivity index (χ1) is 9.97. The van der Waals surface area contributed by atoms with Crippen molar-refractivity contribution in [1.29, 1.82) is 0 Å². The second kappa shape index (κ2) is 5.00. The third-order valence-electron chi connectivity index (χ3n) is 3.92. The molecule has 1 aromatic heterocycles. The molecule has 1 fully saturated rings. The van der Waals surface area contributed by atoms with Gasteiger partial charge in [-0.1, -0.05) is 23.5 Å². The Morgan fingerprint density at radius 1 is 1.24 bits per heavy atom. The second-order valence-corrected chi connectivity index (χ2v) is 6.32. The van der Waals surface area contributed by atoms with Gasteiger partial charge in [0.1, 0.15) is 0 Å². The van der Waals surface area contributed by atoms with E-state index in [0.717, 1.165) is 20.9 Å². The molecule has 0 radical (unpaired) electrons. The smallest absolute Gasteiger partial charge is 0.223 e. The molecule has 2 amide bonds. The molecule has 0 saturated carbocycles. The van der Waals surface area contributed by atoms with Crippen LogP contribution in [0.5, 0.6) is 0 Å². The molecule has 6 nitrogen and oxygen atoms in total. The Morgan fingerprint density at radius 3 is 2.38 bits per heavy atom. The molecule has 1 aliphatic rings. The summed E-state index contributed by atoms with van der Waals surface area (Å²) >= 11 is 1.56. The van der Waals surface area contributed by atoms with Crippen LogP contribution in [0.25, 0.3) is 10.2 Å². The molecule has 2 heterocycles. The van der Waals surface area contributed by atoms with Gasteiger partial charge in [-0.2, -0.15) is 0 Å². The summed E-state index contributed by atoms with van der Waals surface area (Å²) < 4.78 is 1.12. The third kappa shape index (κ3) is 2.33. The summed E-state index contributed by atoms with van der Waals surface area (Å²) in [6, 6.07) is 5.95. The summed E-state index contributed by atoms with van der Waals surface area (Å²) in [4.78, 5) is 29.5. The number of nitrogens with zero attached hydrogens (tertiary/aromatic N) is 2. The predicted molar refractivity (Wildman–Crippen MR) is 81.9 cm³/mol. The first-order valence-electron chi connectivity index (χ1n) is 6.67. The number of amides is 2. The molecule has 0 spiro atoms. The number of aromatic nitrogens is 1. The van der Waals surface area contributed by atoms with Crippen molar-refractivity contribution < 1.29 is 9.59 Å². The number of nitrogens with two attached hydrogens (primary N) is 2. The zero-order valence-electron chi connectivity index (χ0n) is 11.6. The van der Waals surface area contributed by atoms with E-state index in [1.54, 1.807) is 11.3 Å². The van der Waals surface area contributed by atoms with Crippen molar-refractivity contribution in [3.63, 3.8) is 0 Å². The number of hydrogen-bond acceptors (Lipinski definition) is 5. The average Bonchev–Trinajstić information content (AvgIpc) is 3.03. The Balaban J connectivity index is 1.94. The molecule has 0 aliphatic carbocycles. The van der Waals surface area contributed by atoms with E-state index >= 15 is 0 Å². The number of hydrogen-bond donors (Lipinski definition) is 2. The van der Waals surface area contributed by atoms with Gasteiger partial charge < -0.3 is 16.4 Å². The van der Waals surface area contributed by atoms with Crippen molar-refractivity contribution in [2.75, 3.05) is 18.0 Å². The standard InChI is InChI=1S/C14H16N4O2S/c1-7-3-2-4-10-11(7)21-14(17-10)18-5-8(12(15)19)9(6-18)13(16)20/h2-4,8-9H,5-6H2,1H3,(H2,15,19)(H2,16,20). The molecule has 1 aliphatic heterocycles. The zero-order valence-corrected chi connectivity index (χ0v) is 12.4. The lowest BCUT2D eigenvalue weighted by atomic mass is 9.95. The molecule has 1 aromatic carbocycles. The van der Waals surface area contributed by atoms with E-state index in [-0.39, 0.29) is 0 Å². The maximum Gasteiger partial charge on any atom is 0.223 e. The molecule has 4 N–H and O–H groups in total. The van der Waals surface area contributed by atoms with Crippen molar-refractivity contribution in [3.05, 3.63) is 23.8 Å². The molecule has 3 rings (SSSR count). The van der Waals surface area contributed by atoms with Crippen LogP contribution in [0.4, 0.5) is 5.13 Å². The van der Waals surface area contributed by atoms with Gasteiger partial charge in [-0.3, -0.25) is 9.59 Å². The quantitative estimate of drug-likeness (QED) is 0.868. The van der Waals surface area contributed by atoms with E-state index in [4.69, 9.17) is 11.5 Å². The topological polar surface area (TPSA) is 102 Å². The highest BCUT2D eigenvalue weighted by Gasteiger charge is 2.40. The Kier molecular flexibility index (Phi) is 3.29. The fourth-order valence-electron chi connectivity index (χ4n) is 2.75. The minimum Gasteiger partial charge on any atom is -0.369 e. The van der Waals surface area contributed by atoms with Crippen LogP contribution in [0, 0.1) is 18.8 Å². The maximum atomic E-state index is 11.5. The fraction of sp³-hybridized carbons (Fsp3) is 0.357. The summed E-state index contributed by atoms with van der Waals surface area (Å²) in [5, 5.41) is 0.800. The van der Waals surface area contributed by atoms with Gasteiger partial charge in [0.15, 0.2) is 5.13 Å². The largest absolute Gasteiger partial charge is 0.369 e. The first kappa shape index (κ1) is 13.8. The lowest BCUT2D eigenvalue weighted by molar-refractivity contribution is -0.129. The Hall–Kier alpha value is -2.15. The number of fused-ring (bicyclic) bond motifs is 1. The van der Waals surface area contributed by atoms with Crippen molar-refractivity contribution in [1.82, 2.24) is 4.98 Å². The van der Waals surface area contributed by atoms with Gasteiger partial charge >= 0.3 is 0 Å². The monoisotopic (exact) mass is 304 g/mol. The van der Waals surface area contributed by atoms with E-state index in [1.165, 1.54) is 0 Å². The van der Waals surface area contributed by atoms with Crippen molar-refractivity contribution >= 4 is 38.5 Å². The van der Waals surface area contributed by atoms with Crippen LogP contribution in [0.1, 0.15) is 5.56 Å². The van der Waals surface area contributed by atoms with Crippen molar-refractivity contribution in [3.8, 4) is 0 Å². The normalized spacial score (nSPS) is 21.9. The molecule has 2 aromatic rings. The summed E-state index contributed by atoms with van der Waals surface area (Å²) in [6.45, 7) is 2.82. The van der Waals surface area contributed by atoms with Crippen LogP contribution < -0.4 is 16.4 Å². The van der Waals surface area contributed by atoms with E-state index in [0.29, 0.717) is 13.1 Å². The van der Waals surface area contributed by atoms with E-state index in [1.807, 2.05) is 30.0 Å². The average molecular weight is 304 g/mol. The molecule has 1 saturated heterocycles. The molecule has 0 bridgehead atoms. The van der Waals surface area contributed by atoms with Gasteiger partial charge in [0.25, 0.3) is 0 Å². The molecule has 21 heavy (non-hydrogen) atoms. The number of carbonyl (C=O) groups excluding carboxylic acids is 2. The number of rotatable bonds is 3. The van der Waals surface area contributed by atoms with Gasteiger partial charge in [-0.05, 0) is 18.6 Å². The number of benzene rings is 1. The fourth-order valence-corrected chi connectivity index (χ4v) is 3.80. The highest BCUT2D eigenvalue weighted by molar-refractivity contribution is 7.22. The van der Waals surface area contributed by atoms with Gasteiger partial charge in [0, 0.05) is 13.1 Å². The number of anilines is 1. The summed E-state index contributed by atoms with van der Waals surface area (Å²) in [6.07, 6.45) is 0. The SMILES string of the molecule is Cc1cccc2nc(N3CC(C(N)=O)C(C(N)=O)C3)sc12. The van der Waals surface area contributed by atoms with E-state index < -0.39 is 23.7 Å². The van der Waals surface area contributed by atoms with Crippen LogP contribution in [0.2, 0.25) is 0 Å². The van der Waals surface area contributed by atoms with Gasteiger partial charge in [-0.15, -0.1) is 0 Å². The summed E-state index contributed by atoms with van der Waals surface area (Å²) in [5.74, 6) is -2.07. The second-order valence-electron chi connectivity index (χ2n) is 5.34. The minimum atomic E-state index is -0.546. The Bertz CT molecular complexity index is 705. The third-order valence-corrected chi connectivity index (χ3v) is 5.19. The minimum absolute atomic E-state index is 0.391. The lowest BCUT2D eigenvalue weighted by Crippen LogP contribution is -2.36. The molecular weight excluding hydrogens is 288 g/mol. The lowest BCUT2D eigenvalue weighted by Gasteiger charge is -2.13. The Morgan fingerprint density at radius 2 is 1.86 bits per heavy atom. The van der Waals surface area contributed by atoms with Crippen LogP contribution in [0.3, 0.4) is 0 Å². The van der Waals surface area contributed by atoms with Crippen LogP contribution in [-0.4, -0.2) is 29.9 Å². The van der Waals surface area contributed by atoms with Crippen molar-refractivity contribution in [2.24, 2.45) is 23.3 Å². The van der Waals surface area contributed by atoms with Crippen LogP contribution in [0.15, 0.2) is 18.2 Å². The number of aryl methyl sites for hydroxylation is 1. The number of primary amides is 2. The molecule has 2 unspecified atom stereocenters. The first-order valence-corrected chi connectivity index (χ1v) is 7.48. The molecular formula is C14H16N4O2S. The maximum absolute atomic E-state index is 11.5. The number of thiazole rings is 1. The highest BCUT2D eigenvalue weighted by Crippen LogP contribution is 2.35. The van der Waals surface area contributed by atoms with Gasteiger partial charge in [-0.25, -0.2) is 4.98 Å². The Labute approximate surface area is 125 Å². The van der Waals surface area contributed by atoms with E-state index in [2.05, 4.69) is 4.98 Å². The van der Waals surface area contributed by atoms with Crippen LogP contribution in [-0.2, 0) is 9.59 Å². The summed E-state index contributed by atoms with van der Waals surface area (Å²) in [7, 11) is 0.